The molecule has 8 aliphatic heterocycles. The second kappa shape index (κ2) is 38.3. The molecule has 19 rings (SSSR count). The molecule has 4 saturated heterocycles. The lowest BCUT2D eigenvalue weighted by Crippen LogP contribution is -2.44. The highest BCUT2D eigenvalue weighted by Crippen LogP contribution is 2.50. The number of halogens is 3. The number of hydrogen-bond donors (Lipinski definition) is 4. The number of methoxy groups -OCH3 is 3. The Labute approximate surface area is 740 Å². The molecule has 5 fully saturated rings. The van der Waals surface area contributed by atoms with Gasteiger partial charge in [0, 0.05) is 140 Å². The van der Waals surface area contributed by atoms with E-state index < -0.39 is 22.8 Å². The molecule has 9 aliphatic rings. The lowest BCUT2D eigenvalue weighted by atomic mass is 9.81. The Morgan fingerprint density at radius 2 is 0.748 bits per heavy atom. The van der Waals surface area contributed by atoms with Gasteiger partial charge in [0.15, 0.2) is 11.6 Å². The number of aromatic amines is 2. The average Bonchev–Trinajstić information content (AvgIpc) is 1.68. The summed E-state index contributed by atoms with van der Waals surface area (Å²) >= 11 is 0. The van der Waals surface area contributed by atoms with Gasteiger partial charge >= 0.3 is 11.9 Å². The van der Waals surface area contributed by atoms with Crippen LogP contribution in [0.3, 0.4) is 0 Å². The number of hydrogen-bond acceptors (Lipinski definition) is 19. The van der Waals surface area contributed by atoms with E-state index in [0.29, 0.717) is 58.1 Å². The maximum Gasteiger partial charge on any atom is 0.310 e. The van der Waals surface area contributed by atoms with Crippen LogP contribution in [-0.2, 0) is 46.8 Å². The molecule has 664 valence electrons. The number of benzene rings is 8. The number of ether oxygens (including phenoxy) is 7. The number of carbonyl (C=O) groups is 2. The van der Waals surface area contributed by atoms with E-state index in [1.54, 1.807) is 39.5 Å². The molecule has 0 spiro atoms. The summed E-state index contributed by atoms with van der Waals surface area (Å²) in [6, 6.07) is 49.3. The summed E-state index contributed by atoms with van der Waals surface area (Å²) in [5, 5.41) is 48.7. The largest absolute Gasteiger partial charge is 0.497 e. The molecule has 10 aromatic rings. The predicted molar refractivity (Wildman–Crippen MR) is 480 cm³/mol. The van der Waals surface area contributed by atoms with E-state index in [0.717, 1.165) is 248 Å². The predicted octanol–water partition coefficient (Wildman–Crippen LogP) is 18.1. The van der Waals surface area contributed by atoms with Crippen LogP contribution in [0, 0.1) is 28.3 Å². The summed E-state index contributed by atoms with van der Waals surface area (Å²) in [5.74, 6) is 4.90. The molecule has 8 aromatic carbocycles. The Kier molecular flexibility index (Phi) is 26.7. The maximum atomic E-state index is 14.0. The summed E-state index contributed by atoms with van der Waals surface area (Å²) in [5.41, 5.74) is 21.2. The van der Waals surface area contributed by atoms with Crippen molar-refractivity contribution < 1.29 is 66.1 Å². The number of nitrogens with one attached hydrogen (secondary N) is 2. The minimum absolute atomic E-state index is 0.170. The number of piperidine rings is 4. The van der Waals surface area contributed by atoms with Gasteiger partial charge in [-0.1, -0.05) is 135 Å². The lowest BCUT2D eigenvalue weighted by Gasteiger charge is -2.37. The van der Waals surface area contributed by atoms with Crippen LogP contribution in [0.4, 0.5) is 13.2 Å². The minimum Gasteiger partial charge on any atom is -0.497 e. The first kappa shape index (κ1) is 88.5. The number of rotatable bonds is 17. The topological polar surface area (TPSA) is 261 Å². The van der Waals surface area contributed by atoms with E-state index in [1.807, 2.05) is 98.8 Å². The van der Waals surface area contributed by atoms with Gasteiger partial charge in [0.25, 0.3) is 0 Å². The van der Waals surface area contributed by atoms with Gasteiger partial charge in [-0.15, -0.1) is 20.4 Å². The number of aliphatic carboxylic acids is 2. The van der Waals surface area contributed by atoms with E-state index in [-0.39, 0.29) is 28.3 Å². The summed E-state index contributed by atoms with van der Waals surface area (Å²) in [6.45, 7) is 24.3. The monoisotopic (exact) mass is 1730 g/mol. The van der Waals surface area contributed by atoms with Gasteiger partial charge < -0.3 is 63.0 Å². The minimum atomic E-state index is -0.701. The zero-order chi connectivity index (χ0) is 88.7. The van der Waals surface area contributed by atoms with Crippen LogP contribution in [0.1, 0.15) is 197 Å². The molecule has 0 radical (unpaired) electrons. The molecule has 1 aliphatic carbocycles. The second-order valence-electron chi connectivity index (χ2n) is 35.9. The van der Waals surface area contributed by atoms with Gasteiger partial charge in [-0.3, -0.25) is 9.59 Å². The highest BCUT2D eigenvalue weighted by molar-refractivity contribution is 5.91. The molecule has 1 saturated carbocycles. The number of tetrazole rings is 2. The Morgan fingerprint density at radius 1 is 0.409 bits per heavy atom. The molecule has 26 heteroatoms. The Morgan fingerprint density at radius 3 is 1.13 bits per heavy atom. The SMILES string of the molecule is CC(C)(CN1CCC(=C2c3ccc(F)cc3COc3ccccc32)CC1)c1nn[nH]n1.CCC(CC)(CN1CCC(=C2c3ccc(F)cc3COc3ccccc32)CC1)C(=O)O.COc1ccc2c(c1)COc1cc(F)ccc1C2=C1CCN(CC2(C(=O)O)CC2)CC1.COc1ccc2c(c1)COc1ccc(OC)cc1C2=C1CCN(CC(C)(C)c2nn[nH]n2)CC1. The van der Waals surface area contributed by atoms with Crippen LogP contribution in [0.5, 0.6) is 40.2 Å². The molecular weight excluding hydrogens is 1610 g/mol. The zero-order valence-electron chi connectivity index (χ0n) is 74.0. The molecular formula is C101H113F3N12O11. The number of carboxylic acid groups (broad SMARTS) is 2. The summed E-state index contributed by atoms with van der Waals surface area (Å²) in [6.07, 6.45) is 10.1. The van der Waals surface area contributed by atoms with Gasteiger partial charge in [0.1, 0.15) is 84.1 Å². The fourth-order valence-electron chi connectivity index (χ4n) is 19.4. The van der Waals surface area contributed by atoms with Gasteiger partial charge in [-0.05, 0) is 213 Å². The third-order valence-corrected chi connectivity index (χ3v) is 26.9. The quantitative estimate of drug-likeness (QED) is 0.0660. The molecule has 0 atom stereocenters. The highest BCUT2D eigenvalue weighted by atomic mass is 19.1. The van der Waals surface area contributed by atoms with Gasteiger partial charge in [-0.2, -0.15) is 10.4 Å². The van der Waals surface area contributed by atoms with Crippen LogP contribution in [0.25, 0.3) is 22.3 Å². The number of para-hydroxylation sites is 2. The number of H-pyrrole nitrogens is 2. The smallest absolute Gasteiger partial charge is 0.310 e. The summed E-state index contributed by atoms with van der Waals surface area (Å²) in [7, 11) is 5.04. The van der Waals surface area contributed by atoms with Crippen molar-refractivity contribution in [1.82, 2.24) is 60.8 Å². The highest BCUT2D eigenvalue weighted by Gasteiger charge is 2.51. The van der Waals surface area contributed by atoms with Crippen molar-refractivity contribution in [2.75, 3.05) is 99.9 Å². The van der Waals surface area contributed by atoms with Crippen LogP contribution >= 0.6 is 0 Å². The summed E-state index contributed by atoms with van der Waals surface area (Å²) < 4.78 is 82.6. The van der Waals surface area contributed by atoms with Crippen molar-refractivity contribution >= 4 is 34.2 Å². The second-order valence-corrected chi connectivity index (χ2v) is 35.9. The Hall–Kier alpha value is -12.0. The molecule has 2 aromatic heterocycles. The van der Waals surface area contributed by atoms with Crippen molar-refractivity contribution in [2.24, 2.45) is 10.8 Å². The molecule has 127 heavy (non-hydrogen) atoms. The zero-order valence-corrected chi connectivity index (χ0v) is 74.0. The van der Waals surface area contributed by atoms with Crippen LogP contribution in [0.2, 0.25) is 0 Å². The van der Waals surface area contributed by atoms with Crippen molar-refractivity contribution in [3.63, 3.8) is 0 Å². The molecule has 0 unspecified atom stereocenters. The van der Waals surface area contributed by atoms with Crippen molar-refractivity contribution in [3.8, 4) is 40.2 Å². The van der Waals surface area contributed by atoms with E-state index >= 15 is 0 Å². The van der Waals surface area contributed by atoms with E-state index in [9.17, 15) is 33.0 Å². The average molecular weight is 1730 g/mol. The van der Waals surface area contributed by atoms with Gasteiger partial charge in [0.05, 0.1) is 32.2 Å². The van der Waals surface area contributed by atoms with Crippen molar-refractivity contribution in [1.29, 1.82) is 0 Å². The number of aromatic nitrogens is 8. The fraction of sp³-hybridized carbons (Fsp3) is 0.406. The van der Waals surface area contributed by atoms with E-state index in [2.05, 4.69) is 125 Å². The standard InChI is InChI=1S/C26H30FNO3.C26H31N5O3.C25H26FNO4.C24H26FN5O/c1-3-26(4-2,25(29)30)17-28-13-11-18(12-14-28)24-21-10-9-20(27)15-19(21)16-31-23-8-6-5-7-22(23)24;1-26(2,25-27-29-30-28-25)16-31-11-9-17(10-12-31)24-21-7-5-19(32-3)13-18(21)15-34-23-8-6-20(33-4)14-22(23)24;1-30-19-3-5-20-17(12-19)14-31-22-13-18(26)2-4-21(22)23(20)16-6-10-27(11-7-16)15-25(8-9-25)24(28)29;1-24(2,23-26-28-29-27-23)15-30-11-9-16(10-12-30)22-19-8-7-18(25)13-17(19)14-31-21-6-4-3-5-20(21)22/h5-10,15H,3-4,11-14,16-17H2,1-2H3,(H,29,30);5-8,13-14H,9-12,15-16H2,1-4H3,(H,27,28,29,30);2-5,12-13H,6-11,14-15H2,1H3,(H,28,29);3-8,13H,9-12,14-15H2,1-2H3,(H,26,27,28,29). The third kappa shape index (κ3) is 19.5. The first-order valence-electron chi connectivity index (χ1n) is 44.3. The van der Waals surface area contributed by atoms with Gasteiger partial charge in [-0.25, -0.2) is 13.2 Å². The summed E-state index contributed by atoms with van der Waals surface area (Å²) in [4.78, 5) is 33.0. The van der Waals surface area contributed by atoms with Crippen LogP contribution < -0.4 is 33.2 Å². The lowest BCUT2D eigenvalue weighted by molar-refractivity contribution is -0.151. The number of likely N-dealkylation sites (tertiary alicyclic amines) is 4. The number of fused-ring (bicyclic) bond motifs is 8. The van der Waals surface area contributed by atoms with Gasteiger partial charge in [0.2, 0.25) is 0 Å². The normalized spacial score (nSPS) is 17.4. The first-order valence-corrected chi connectivity index (χ1v) is 44.3. The third-order valence-electron chi connectivity index (χ3n) is 26.9. The molecule has 10 heterocycles. The van der Waals surface area contributed by atoms with E-state index in [4.69, 9.17) is 33.2 Å². The maximum absolute atomic E-state index is 14.0. The van der Waals surface area contributed by atoms with Crippen LogP contribution in [0.15, 0.2) is 180 Å². The molecule has 0 amide bonds. The fourth-order valence-corrected chi connectivity index (χ4v) is 19.4. The van der Waals surface area contributed by atoms with E-state index in [1.165, 1.54) is 57.2 Å². The van der Waals surface area contributed by atoms with Crippen LogP contribution in [-0.4, -0.2) is 183 Å². The Bertz CT molecular complexity index is 5780. The number of carboxylic acids is 2. The first-order chi connectivity index (χ1) is 61.4. The van der Waals surface area contributed by atoms with Crippen molar-refractivity contribution in [2.45, 2.75) is 156 Å². The molecule has 4 N–H and O–H groups in total. The Balaban J connectivity index is 0.000000125. The molecule has 0 bridgehead atoms. The molecule has 23 nitrogen and oxygen atoms in total. The number of nitrogens with zero attached hydrogens (tertiary/aromatic N) is 10. The van der Waals surface area contributed by atoms with Crippen molar-refractivity contribution in [3.05, 3.63) is 276 Å².